The molecule has 1 aliphatic heterocycles. The van der Waals surface area contributed by atoms with Crippen molar-refractivity contribution in [1.82, 2.24) is 15.1 Å². The largest absolute Gasteiger partial charge is 0.497 e. The van der Waals surface area contributed by atoms with Gasteiger partial charge in [0.15, 0.2) is 0 Å². The van der Waals surface area contributed by atoms with Crippen molar-refractivity contribution in [2.75, 3.05) is 33.3 Å². The Labute approximate surface area is 172 Å². The Balaban J connectivity index is 1.49. The van der Waals surface area contributed by atoms with Crippen LogP contribution in [0.15, 0.2) is 48.5 Å². The predicted octanol–water partition coefficient (Wildman–Crippen LogP) is 3.05. The molecule has 1 N–H and O–H groups in total. The van der Waals surface area contributed by atoms with Crippen molar-refractivity contribution >= 4 is 5.91 Å². The molecule has 0 aliphatic carbocycles. The maximum absolute atomic E-state index is 13.9. The van der Waals surface area contributed by atoms with Gasteiger partial charge in [0, 0.05) is 38.3 Å². The molecule has 2 aromatic carbocycles. The first-order valence-corrected chi connectivity index (χ1v) is 10.2. The number of methoxy groups -OCH3 is 1. The third-order valence-corrected chi connectivity index (χ3v) is 5.50. The number of halogens is 1. The first-order chi connectivity index (χ1) is 14.1. The molecule has 0 bridgehead atoms. The van der Waals surface area contributed by atoms with Gasteiger partial charge in [0.25, 0.3) is 0 Å². The van der Waals surface area contributed by atoms with Crippen LogP contribution in [-0.4, -0.2) is 55.0 Å². The highest BCUT2D eigenvalue weighted by Crippen LogP contribution is 2.15. The van der Waals surface area contributed by atoms with Crippen LogP contribution in [-0.2, 0) is 17.9 Å². The zero-order chi connectivity index (χ0) is 20.6. The summed E-state index contributed by atoms with van der Waals surface area (Å²) in [6.07, 6.45) is 0.960. The van der Waals surface area contributed by atoms with Crippen LogP contribution in [0.2, 0.25) is 0 Å². The Hall–Kier alpha value is -2.44. The molecule has 3 rings (SSSR count). The van der Waals surface area contributed by atoms with Crippen LogP contribution in [0, 0.1) is 5.82 Å². The fourth-order valence-corrected chi connectivity index (χ4v) is 3.69. The zero-order valence-corrected chi connectivity index (χ0v) is 17.2. The van der Waals surface area contributed by atoms with Crippen molar-refractivity contribution in [1.29, 1.82) is 0 Å². The summed E-state index contributed by atoms with van der Waals surface area (Å²) in [6, 6.07) is 14.4. The van der Waals surface area contributed by atoms with Gasteiger partial charge in [0.1, 0.15) is 11.6 Å². The number of carbonyl (C=O) groups is 1. The third-order valence-electron chi connectivity index (χ3n) is 5.50. The molecule has 1 saturated heterocycles. The molecule has 6 heteroatoms. The quantitative estimate of drug-likeness (QED) is 0.777. The van der Waals surface area contributed by atoms with Gasteiger partial charge < -0.3 is 10.1 Å². The van der Waals surface area contributed by atoms with Crippen molar-refractivity contribution in [2.24, 2.45) is 0 Å². The number of ether oxygens (including phenoxy) is 1. The minimum atomic E-state index is -0.200. The first kappa shape index (κ1) is 21.3. The molecular weight excluding hydrogens is 369 g/mol. The number of benzene rings is 2. The van der Waals surface area contributed by atoms with Gasteiger partial charge in [-0.1, -0.05) is 30.3 Å². The summed E-state index contributed by atoms with van der Waals surface area (Å²) in [4.78, 5) is 17.1. The van der Waals surface area contributed by atoms with Crippen LogP contribution >= 0.6 is 0 Å². The summed E-state index contributed by atoms with van der Waals surface area (Å²) in [6.45, 7) is 6.42. The van der Waals surface area contributed by atoms with Gasteiger partial charge in [-0.15, -0.1) is 0 Å². The van der Waals surface area contributed by atoms with E-state index in [1.165, 1.54) is 6.07 Å². The molecule has 2 aromatic rings. The maximum atomic E-state index is 13.9. The van der Waals surface area contributed by atoms with Crippen LogP contribution in [0.3, 0.4) is 0 Å². The second kappa shape index (κ2) is 10.4. The molecule has 1 atom stereocenters. The van der Waals surface area contributed by atoms with E-state index >= 15 is 0 Å². The molecule has 29 heavy (non-hydrogen) atoms. The van der Waals surface area contributed by atoms with Crippen LogP contribution in [0.4, 0.5) is 4.39 Å². The highest BCUT2D eigenvalue weighted by molar-refractivity contribution is 5.81. The highest BCUT2D eigenvalue weighted by atomic mass is 19.1. The van der Waals surface area contributed by atoms with E-state index in [0.29, 0.717) is 13.1 Å². The van der Waals surface area contributed by atoms with E-state index in [1.54, 1.807) is 13.2 Å². The van der Waals surface area contributed by atoms with Crippen LogP contribution in [0.1, 0.15) is 24.5 Å². The lowest BCUT2D eigenvalue weighted by Crippen LogP contribution is -2.46. The van der Waals surface area contributed by atoms with Gasteiger partial charge >= 0.3 is 0 Å². The molecule has 0 aromatic heterocycles. The molecule has 1 aliphatic rings. The maximum Gasteiger partial charge on any atom is 0.237 e. The lowest BCUT2D eigenvalue weighted by Gasteiger charge is -2.27. The molecule has 1 heterocycles. The Morgan fingerprint density at radius 2 is 1.97 bits per heavy atom. The van der Waals surface area contributed by atoms with Gasteiger partial charge in [0.2, 0.25) is 5.91 Å². The van der Waals surface area contributed by atoms with E-state index in [1.807, 2.05) is 43.3 Å². The standard InChI is InChI=1S/C23H30FN3O2/c1-18(23(28)25-16-19-7-5-9-21(15-19)29-2)27-12-6-11-26(13-14-27)17-20-8-3-4-10-22(20)24/h3-5,7-10,15,18H,6,11-14,16-17H2,1-2H3,(H,25,28)/t18-/m0/s1. The van der Waals surface area contributed by atoms with E-state index in [0.717, 1.165) is 49.5 Å². The zero-order valence-electron chi connectivity index (χ0n) is 17.2. The van der Waals surface area contributed by atoms with Crippen molar-refractivity contribution in [3.05, 3.63) is 65.5 Å². The van der Waals surface area contributed by atoms with Gasteiger partial charge in [-0.25, -0.2) is 4.39 Å². The molecule has 156 valence electrons. The Morgan fingerprint density at radius 1 is 1.14 bits per heavy atom. The minimum Gasteiger partial charge on any atom is -0.497 e. The fourth-order valence-electron chi connectivity index (χ4n) is 3.69. The molecule has 1 amide bonds. The Kier molecular flexibility index (Phi) is 7.61. The monoisotopic (exact) mass is 399 g/mol. The molecule has 1 fully saturated rings. The molecular formula is C23H30FN3O2. The number of nitrogens with zero attached hydrogens (tertiary/aromatic N) is 2. The van der Waals surface area contributed by atoms with E-state index in [4.69, 9.17) is 4.74 Å². The van der Waals surface area contributed by atoms with Gasteiger partial charge in [-0.05, 0) is 43.7 Å². The van der Waals surface area contributed by atoms with E-state index in [2.05, 4.69) is 15.1 Å². The molecule has 5 nitrogen and oxygen atoms in total. The van der Waals surface area contributed by atoms with Crippen LogP contribution < -0.4 is 10.1 Å². The fraction of sp³-hybridized carbons (Fsp3) is 0.435. The summed E-state index contributed by atoms with van der Waals surface area (Å²) in [5.41, 5.74) is 1.74. The summed E-state index contributed by atoms with van der Waals surface area (Å²) < 4.78 is 19.2. The number of hydrogen-bond donors (Lipinski definition) is 1. The van der Waals surface area contributed by atoms with Crippen molar-refractivity contribution < 1.29 is 13.9 Å². The summed E-state index contributed by atoms with van der Waals surface area (Å²) in [5.74, 6) is 0.654. The minimum absolute atomic E-state index is 0.0235. The van der Waals surface area contributed by atoms with Crippen LogP contribution in [0.5, 0.6) is 5.75 Å². The molecule has 0 saturated carbocycles. The SMILES string of the molecule is COc1cccc(CNC(=O)[C@H](C)N2CCCN(Cc3ccccc3F)CC2)c1. The van der Waals surface area contributed by atoms with E-state index in [-0.39, 0.29) is 17.8 Å². The average molecular weight is 400 g/mol. The van der Waals surface area contributed by atoms with Crippen molar-refractivity contribution in [3.8, 4) is 5.75 Å². The topological polar surface area (TPSA) is 44.8 Å². The van der Waals surface area contributed by atoms with Gasteiger partial charge in [0.05, 0.1) is 13.2 Å². The number of rotatable bonds is 7. The van der Waals surface area contributed by atoms with Crippen LogP contribution in [0.25, 0.3) is 0 Å². The molecule has 0 spiro atoms. The number of hydrogen-bond acceptors (Lipinski definition) is 4. The van der Waals surface area contributed by atoms with Gasteiger partial charge in [-0.2, -0.15) is 0 Å². The second-order valence-electron chi connectivity index (χ2n) is 7.50. The van der Waals surface area contributed by atoms with Crippen molar-refractivity contribution in [2.45, 2.75) is 32.5 Å². The lowest BCUT2D eigenvalue weighted by molar-refractivity contribution is -0.126. The molecule has 0 unspecified atom stereocenters. The highest BCUT2D eigenvalue weighted by Gasteiger charge is 2.24. The normalized spacial score (nSPS) is 16.8. The molecule has 0 radical (unpaired) electrons. The number of amides is 1. The second-order valence-corrected chi connectivity index (χ2v) is 7.50. The van der Waals surface area contributed by atoms with Crippen molar-refractivity contribution in [3.63, 3.8) is 0 Å². The summed E-state index contributed by atoms with van der Waals surface area (Å²) in [5, 5.41) is 3.03. The van der Waals surface area contributed by atoms with Gasteiger partial charge in [-0.3, -0.25) is 14.6 Å². The average Bonchev–Trinajstić information content (AvgIpc) is 2.99. The summed E-state index contributed by atoms with van der Waals surface area (Å²) in [7, 11) is 1.63. The third kappa shape index (κ3) is 6.02. The smallest absolute Gasteiger partial charge is 0.237 e. The lowest BCUT2D eigenvalue weighted by atomic mass is 10.2. The van der Waals surface area contributed by atoms with E-state index in [9.17, 15) is 9.18 Å². The predicted molar refractivity (Wildman–Crippen MR) is 112 cm³/mol. The number of carbonyl (C=O) groups excluding carboxylic acids is 1. The summed E-state index contributed by atoms with van der Waals surface area (Å²) >= 11 is 0. The first-order valence-electron chi connectivity index (χ1n) is 10.2. The Morgan fingerprint density at radius 3 is 2.76 bits per heavy atom. The number of nitrogens with one attached hydrogen (secondary N) is 1. The van der Waals surface area contributed by atoms with E-state index < -0.39 is 0 Å². The Bertz CT molecular complexity index is 814.